The Morgan fingerprint density at radius 1 is 1.00 bits per heavy atom. The number of halogens is 1. The molecule has 2 aromatic carbocycles. The van der Waals surface area contributed by atoms with Crippen LogP contribution in [0.5, 0.6) is 5.75 Å². The highest BCUT2D eigenvalue weighted by Crippen LogP contribution is 2.19. The molecule has 1 amide bonds. The van der Waals surface area contributed by atoms with Gasteiger partial charge in [-0.15, -0.1) is 0 Å². The van der Waals surface area contributed by atoms with E-state index in [0.717, 1.165) is 29.9 Å². The van der Waals surface area contributed by atoms with Gasteiger partial charge in [0.05, 0.1) is 0 Å². The Hall–Kier alpha value is -2.57. The van der Waals surface area contributed by atoms with E-state index in [1.54, 1.807) is 12.1 Å². The van der Waals surface area contributed by atoms with Gasteiger partial charge in [-0.05, 0) is 54.4 Å². The van der Waals surface area contributed by atoms with Gasteiger partial charge >= 0.3 is 0 Å². The highest BCUT2D eigenvalue weighted by Gasteiger charge is 2.24. The summed E-state index contributed by atoms with van der Waals surface area (Å²) in [6.45, 7) is 6.49. The minimum absolute atomic E-state index is 0.0552. The van der Waals surface area contributed by atoms with Crippen LogP contribution in [0.15, 0.2) is 69.6 Å². The van der Waals surface area contributed by atoms with Gasteiger partial charge in [-0.25, -0.2) is 0 Å². The number of benzene rings is 2. The maximum Gasteiger partial charge on any atom is 0.289 e. The number of ether oxygens (including phenoxy) is 1. The first-order valence-electron chi connectivity index (χ1n) is 10.1. The molecule has 30 heavy (non-hydrogen) atoms. The number of carbonyl (C=O) groups is 1. The van der Waals surface area contributed by atoms with Crippen LogP contribution in [0.3, 0.4) is 0 Å². The Bertz CT molecular complexity index is 992. The zero-order chi connectivity index (χ0) is 20.9. The minimum Gasteiger partial charge on any atom is -0.486 e. The van der Waals surface area contributed by atoms with Crippen LogP contribution >= 0.6 is 15.9 Å². The number of rotatable bonds is 6. The molecule has 5 nitrogen and oxygen atoms in total. The third-order valence-corrected chi connectivity index (χ3v) is 5.91. The van der Waals surface area contributed by atoms with Gasteiger partial charge in [-0.1, -0.05) is 40.2 Å². The maximum absolute atomic E-state index is 12.8. The fourth-order valence-corrected chi connectivity index (χ4v) is 3.81. The third kappa shape index (κ3) is 5.12. The largest absolute Gasteiger partial charge is 0.486 e. The average Bonchev–Trinajstić information content (AvgIpc) is 3.24. The van der Waals surface area contributed by atoms with Crippen LogP contribution in [-0.2, 0) is 13.2 Å². The molecule has 1 fully saturated rings. The van der Waals surface area contributed by atoms with E-state index >= 15 is 0 Å². The van der Waals surface area contributed by atoms with E-state index in [9.17, 15) is 4.79 Å². The molecule has 0 N–H and O–H groups in total. The van der Waals surface area contributed by atoms with Gasteiger partial charge in [0, 0.05) is 37.2 Å². The molecule has 0 aliphatic carbocycles. The Balaban J connectivity index is 1.28. The van der Waals surface area contributed by atoms with Crippen LogP contribution in [0.2, 0.25) is 0 Å². The molecule has 0 radical (unpaired) electrons. The summed E-state index contributed by atoms with van der Waals surface area (Å²) in [6, 6.07) is 19.6. The van der Waals surface area contributed by atoms with E-state index in [1.165, 1.54) is 11.1 Å². The lowest BCUT2D eigenvalue weighted by atomic mass is 10.1. The molecule has 0 spiro atoms. The van der Waals surface area contributed by atoms with Crippen molar-refractivity contribution in [2.45, 2.75) is 20.1 Å². The molecule has 0 saturated carbocycles. The number of carbonyl (C=O) groups excluding carboxylic acids is 1. The second kappa shape index (κ2) is 9.49. The summed E-state index contributed by atoms with van der Waals surface area (Å²) in [6.07, 6.45) is 0. The summed E-state index contributed by atoms with van der Waals surface area (Å²) in [5.74, 6) is 1.71. The topological polar surface area (TPSA) is 45.9 Å². The Morgan fingerprint density at radius 3 is 2.47 bits per heavy atom. The summed E-state index contributed by atoms with van der Waals surface area (Å²) >= 11 is 3.40. The van der Waals surface area contributed by atoms with Crippen molar-refractivity contribution in [2.75, 3.05) is 26.2 Å². The van der Waals surface area contributed by atoms with E-state index in [0.29, 0.717) is 31.2 Å². The van der Waals surface area contributed by atoms with Crippen LogP contribution in [-0.4, -0.2) is 41.9 Å². The fraction of sp³-hybridized carbons (Fsp3) is 0.292. The smallest absolute Gasteiger partial charge is 0.289 e. The molecule has 0 unspecified atom stereocenters. The van der Waals surface area contributed by atoms with E-state index in [4.69, 9.17) is 9.15 Å². The molecule has 1 aromatic heterocycles. The quantitative estimate of drug-likeness (QED) is 0.516. The zero-order valence-corrected chi connectivity index (χ0v) is 18.6. The molecule has 156 valence electrons. The number of furan rings is 1. The van der Waals surface area contributed by atoms with Crippen molar-refractivity contribution in [3.63, 3.8) is 0 Å². The second-order valence-corrected chi connectivity index (χ2v) is 8.42. The lowest BCUT2D eigenvalue weighted by Crippen LogP contribution is -2.48. The first kappa shape index (κ1) is 20.7. The van der Waals surface area contributed by atoms with Gasteiger partial charge in [0.25, 0.3) is 5.91 Å². The van der Waals surface area contributed by atoms with Crippen molar-refractivity contribution >= 4 is 21.8 Å². The molecule has 1 aliphatic heterocycles. The zero-order valence-electron chi connectivity index (χ0n) is 17.0. The van der Waals surface area contributed by atoms with Crippen molar-refractivity contribution in [3.05, 3.63) is 87.8 Å². The number of hydrogen-bond donors (Lipinski definition) is 0. The molecule has 6 heteroatoms. The minimum atomic E-state index is -0.0552. The standard InChI is InChI=1S/C24H25BrN2O3/c1-18-4-2-3-5-19(18)16-26-12-14-27(15-13-26)24(28)23-11-10-22(30-23)17-29-21-8-6-20(25)7-9-21/h2-11H,12-17H2,1H3. The number of hydrogen-bond acceptors (Lipinski definition) is 4. The van der Waals surface area contributed by atoms with Crippen molar-refractivity contribution in [1.29, 1.82) is 0 Å². The number of amides is 1. The van der Waals surface area contributed by atoms with Gasteiger partial charge in [0.15, 0.2) is 5.76 Å². The molecule has 1 saturated heterocycles. The van der Waals surface area contributed by atoms with Crippen LogP contribution in [0.4, 0.5) is 0 Å². The third-order valence-electron chi connectivity index (χ3n) is 5.38. The summed E-state index contributed by atoms with van der Waals surface area (Å²) < 4.78 is 12.5. The normalized spacial score (nSPS) is 14.7. The second-order valence-electron chi connectivity index (χ2n) is 7.50. The van der Waals surface area contributed by atoms with Crippen molar-refractivity contribution in [2.24, 2.45) is 0 Å². The van der Waals surface area contributed by atoms with Gasteiger partial charge in [-0.2, -0.15) is 0 Å². The molecule has 2 heterocycles. The average molecular weight is 469 g/mol. The molecule has 1 aliphatic rings. The Labute approximate surface area is 185 Å². The van der Waals surface area contributed by atoms with E-state index in [-0.39, 0.29) is 5.91 Å². The first-order chi connectivity index (χ1) is 14.6. The summed E-state index contributed by atoms with van der Waals surface area (Å²) in [7, 11) is 0. The molecule has 4 rings (SSSR count). The molecular weight excluding hydrogens is 444 g/mol. The Kier molecular flexibility index (Phi) is 6.55. The van der Waals surface area contributed by atoms with Crippen LogP contribution in [0, 0.1) is 6.92 Å². The predicted octanol–water partition coefficient (Wildman–Crippen LogP) is 4.89. The lowest BCUT2D eigenvalue weighted by Gasteiger charge is -2.34. The van der Waals surface area contributed by atoms with Crippen LogP contribution in [0.1, 0.15) is 27.4 Å². The monoisotopic (exact) mass is 468 g/mol. The van der Waals surface area contributed by atoms with Gasteiger partial charge < -0.3 is 14.1 Å². The molecular formula is C24H25BrN2O3. The summed E-state index contributed by atoms with van der Waals surface area (Å²) in [4.78, 5) is 17.1. The van der Waals surface area contributed by atoms with E-state index < -0.39 is 0 Å². The number of nitrogens with zero attached hydrogens (tertiary/aromatic N) is 2. The highest BCUT2D eigenvalue weighted by atomic mass is 79.9. The maximum atomic E-state index is 12.8. The van der Waals surface area contributed by atoms with Crippen molar-refractivity contribution in [3.8, 4) is 5.75 Å². The van der Waals surface area contributed by atoms with Crippen LogP contribution in [0.25, 0.3) is 0 Å². The van der Waals surface area contributed by atoms with Crippen molar-refractivity contribution in [1.82, 2.24) is 9.80 Å². The fourth-order valence-electron chi connectivity index (χ4n) is 3.55. The lowest BCUT2D eigenvalue weighted by molar-refractivity contribution is 0.0594. The molecule has 0 bridgehead atoms. The first-order valence-corrected chi connectivity index (χ1v) is 10.9. The highest BCUT2D eigenvalue weighted by molar-refractivity contribution is 9.10. The number of aryl methyl sites for hydroxylation is 1. The summed E-state index contributed by atoms with van der Waals surface area (Å²) in [5.41, 5.74) is 2.66. The van der Waals surface area contributed by atoms with Crippen molar-refractivity contribution < 1.29 is 13.9 Å². The molecule has 0 atom stereocenters. The SMILES string of the molecule is Cc1ccccc1CN1CCN(C(=O)c2ccc(COc3ccc(Br)cc3)o2)CC1. The predicted molar refractivity (Wildman–Crippen MR) is 120 cm³/mol. The van der Waals surface area contributed by atoms with Gasteiger partial charge in [0.1, 0.15) is 18.1 Å². The Morgan fingerprint density at radius 2 is 1.73 bits per heavy atom. The van der Waals surface area contributed by atoms with Crippen LogP contribution < -0.4 is 4.74 Å². The van der Waals surface area contributed by atoms with E-state index in [2.05, 4.69) is 52.0 Å². The van der Waals surface area contributed by atoms with Gasteiger partial charge in [0.2, 0.25) is 0 Å². The van der Waals surface area contributed by atoms with E-state index in [1.807, 2.05) is 29.2 Å². The number of piperazine rings is 1. The molecule has 3 aromatic rings. The summed E-state index contributed by atoms with van der Waals surface area (Å²) in [5, 5.41) is 0. The van der Waals surface area contributed by atoms with Gasteiger partial charge in [-0.3, -0.25) is 9.69 Å².